The number of Topliss-reactive ketones (excluding diaryl/α,β-unsaturated/α-hetero) is 1. The summed E-state index contributed by atoms with van der Waals surface area (Å²) in [5.41, 5.74) is 1.13. The number of hydrogen-bond acceptors (Lipinski definition) is 2. The molecule has 0 spiro atoms. The molecular weight excluding hydrogens is 144 g/mol. The van der Waals surface area contributed by atoms with E-state index in [1.807, 2.05) is 0 Å². The van der Waals surface area contributed by atoms with E-state index in [1.54, 1.807) is 6.92 Å². The lowest BCUT2D eigenvalue weighted by Gasteiger charge is -1.99. The highest BCUT2D eigenvalue weighted by molar-refractivity contribution is 7.80. The van der Waals surface area contributed by atoms with Crippen molar-refractivity contribution >= 4 is 18.4 Å². The van der Waals surface area contributed by atoms with E-state index in [2.05, 4.69) is 19.2 Å². The standard InChI is InChI=1S/C8H14OS/c1-7(5-6-10)3-4-8(2)9/h10H,1,3-6H2,2H3. The van der Waals surface area contributed by atoms with Crippen LogP contribution in [0.5, 0.6) is 0 Å². The monoisotopic (exact) mass is 158 g/mol. The Morgan fingerprint density at radius 3 is 2.40 bits per heavy atom. The van der Waals surface area contributed by atoms with E-state index in [4.69, 9.17) is 0 Å². The van der Waals surface area contributed by atoms with Gasteiger partial charge in [0.15, 0.2) is 0 Å². The second-order valence-electron chi connectivity index (χ2n) is 2.43. The van der Waals surface area contributed by atoms with Crippen LogP contribution in [0.1, 0.15) is 26.2 Å². The van der Waals surface area contributed by atoms with Crippen LogP contribution in [0.2, 0.25) is 0 Å². The smallest absolute Gasteiger partial charge is 0.130 e. The fraction of sp³-hybridized carbons (Fsp3) is 0.625. The van der Waals surface area contributed by atoms with Crippen LogP contribution in [0.3, 0.4) is 0 Å². The fourth-order valence-electron chi connectivity index (χ4n) is 0.636. The van der Waals surface area contributed by atoms with Gasteiger partial charge in [-0.3, -0.25) is 0 Å². The van der Waals surface area contributed by atoms with Crippen molar-refractivity contribution in [2.24, 2.45) is 0 Å². The third-order valence-corrected chi connectivity index (χ3v) is 1.52. The summed E-state index contributed by atoms with van der Waals surface area (Å²) in [5, 5.41) is 0. The minimum atomic E-state index is 0.236. The summed E-state index contributed by atoms with van der Waals surface area (Å²) >= 11 is 4.06. The minimum Gasteiger partial charge on any atom is -0.300 e. The normalized spacial score (nSPS) is 9.40. The van der Waals surface area contributed by atoms with E-state index >= 15 is 0 Å². The van der Waals surface area contributed by atoms with Crippen LogP contribution in [0.25, 0.3) is 0 Å². The van der Waals surface area contributed by atoms with Gasteiger partial charge in [-0.1, -0.05) is 12.2 Å². The van der Waals surface area contributed by atoms with Crippen LogP contribution in [-0.4, -0.2) is 11.5 Å². The van der Waals surface area contributed by atoms with Gasteiger partial charge in [0.1, 0.15) is 5.78 Å². The second kappa shape index (κ2) is 5.54. The molecular formula is C8H14OS. The summed E-state index contributed by atoms with van der Waals surface area (Å²) < 4.78 is 0. The zero-order chi connectivity index (χ0) is 7.98. The number of allylic oxidation sites excluding steroid dienone is 1. The molecule has 1 nitrogen and oxygen atoms in total. The van der Waals surface area contributed by atoms with Crippen molar-refractivity contribution in [2.45, 2.75) is 26.2 Å². The molecule has 0 rings (SSSR count). The highest BCUT2D eigenvalue weighted by atomic mass is 32.1. The quantitative estimate of drug-likeness (QED) is 0.479. The molecule has 0 atom stereocenters. The van der Waals surface area contributed by atoms with Gasteiger partial charge in [0.25, 0.3) is 0 Å². The summed E-state index contributed by atoms with van der Waals surface area (Å²) in [6.45, 7) is 5.42. The zero-order valence-corrected chi connectivity index (χ0v) is 7.29. The summed E-state index contributed by atoms with van der Waals surface area (Å²) in [6, 6.07) is 0. The minimum absolute atomic E-state index is 0.236. The predicted octanol–water partition coefficient (Wildman–Crippen LogP) is 2.23. The molecule has 0 saturated carbocycles. The SMILES string of the molecule is C=C(CCS)CCC(C)=O. The largest absolute Gasteiger partial charge is 0.300 e. The van der Waals surface area contributed by atoms with Crippen LogP contribution in [0.4, 0.5) is 0 Å². The molecule has 0 aromatic heterocycles. The number of carbonyl (C=O) groups excluding carboxylic acids is 1. The van der Waals surface area contributed by atoms with Gasteiger partial charge in [-0.2, -0.15) is 12.6 Å². The molecule has 0 bridgehead atoms. The lowest BCUT2D eigenvalue weighted by atomic mass is 10.1. The van der Waals surface area contributed by atoms with Gasteiger partial charge in [0, 0.05) is 6.42 Å². The molecule has 0 amide bonds. The van der Waals surface area contributed by atoms with Gasteiger partial charge < -0.3 is 4.79 Å². The van der Waals surface area contributed by atoms with Crippen molar-refractivity contribution in [3.8, 4) is 0 Å². The third-order valence-electron chi connectivity index (χ3n) is 1.30. The first-order valence-electron chi connectivity index (χ1n) is 3.43. The molecule has 0 aliphatic carbocycles. The molecule has 0 radical (unpaired) electrons. The summed E-state index contributed by atoms with van der Waals surface area (Å²) in [6.07, 6.45) is 2.39. The lowest BCUT2D eigenvalue weighted by Crippen LogP contribution is -1.91. The third kappa shape index (κ3) is 5.89. The number of hydrogen-bond donors (Lipinski definition) is 1. The summed E-state index contributed by atoms with van der Waals surface area (Å²) in [5.74, 6) is 1.07. The van der Waals surface area contributed by atoms with Crippen molar-refractivity contribution in [3.63, 3.8) is 0 Å². The molecule has 2 heteroatoms. The average Bonchev–Trinajstić information content (AvgIpc) is 1.85. The first kappa shape index (κ1) is 9.76. The maximum absolute atomic E-state index is 10.5. The van der Waals surface area contributed by atoms with Gasteiger partial charge >= 0.3 is 0 Å². The molecule has 0 aromatic carbocycles. The Kier molecular flexibility index (Phi) is 5.40. The zero-order valence-electron chi connectivity index (χ0n) is 6.39. The molecule has 0 saturated heterocycles. The molecule has 0 aliphatic heterocycles. The van der Waals surface area contributed by atoms with Crippen LogP contribution in [0, 0.1) is 0 Å². The number of rotatable bonds is 5. The first-order chi connectivity index (χ1) is 4.66. The maximum atomic E-state index is 10.5. The maximum Gasteiger partial charge on any atom is 0.130 e. The van der Waals surface area contributed by atoms with Crippen molar-refractivity contribution < 1.29 is 4.79 Å². The average molecular weight is 158 g/mol. The predicted molar refractivity (Wildman–Crippen MR) is 47.5 cm³/mol. The van der Waals surface area contributed by atoms with Crippen LogP contribution >= 0.6 is 12.6 Å². The van der Waals surface area contributed by atoms with Crippen LogP contribution < -0.4 is 0 Å². The van der Waals surface area contributed by atoms with Gasteiger partial charge in [-0.15, -0.1) is 0 Å². The van der Waals surface area contributed by atoms with E-state index in [0.717, 1.165) is 24.2 Å². The van der Waals surface area contributed by atoms with E-state index in [1.165, 1.54) is 0 Å². The molecule has 58 valence electrons. The van der Waals surface area contributed by atoms with Gasteiger partial charge in [0.2, 0.25) is 0 Å². The van der Waals surface area contributed by atoms with Crippen molar-refractivity contribution in [2.75, 3.05) is 5.75 Å². The van der Waals surface area contributed by atoms with Crippen LogP contribution in [-0.2, 0) is 4.79 Å². The lowest BCUT2D eigenvalue weighted by molar-refractivity contribution is -0.116. The van der Waals surface area contributed by atoms with Gasteiger partial charge in [-0.25, -0.2) is 0 Å². The molecule has 0 N–H and O–H groups in total. The summed E-state index contributed by atoms with van der Waals surface area (Å²) in [4.78, 5) is 10.5. The number of thiol groups is 1. The Balaban J connectivity index is 3.30. The highest BCUT2D eigenvalue weighted by Crippen LogP contribution is 2.07. The van der Waals surface area contributed by atoms with Crippen molar-refractivity contribution in [1.82, 2.24) is 0 Å². The van der Waals surface area contributed by atoms with Crippen molar-refractivity contribution in [1.29, 1.82) is 0 Å². The topological polar surface area (TPSA) is 17.1 Å². The van der Waals surface area contributed by atoms with E-state index in [0.29, 0.717) is 6.42 Å². The Morgan fingerprint density at radius 1 is 1.40 bits per heavy atom. The highest BCUT2D eigenvalue weighted by Gasteiger charge is 1.95. The van der Waals surface area contributed by atoms with Gasteiger partial charge in [-0.05, 0) is 25.5 Å². The molecule has 0 fully saturated rings. The van der Waals surface area contributed by atoms with Gasteiger partial charge in [0.05, 0.1) is 0 Å². The molecule has 0 heterocycles. The Morgan fingerprint density at radius 2 is 2.00 bits per heavy atom. The van der Waals surface area contributed by atoms with E-state index in [-0.39, 0.29) is 5.78 Å². The molecule has 0 aromatic rings. The number of carbonyl (C=O) groups is 1. The Hall–Kier alpha value is -0.240. The fourth-order valence-corrected chi connectivity index (χ4v) is 0.952. The number of ketones is 1. The molecule has 10 heavy (non-hydrogen) atoms. The van der Waals surface area contributed by atoms with Crippen molar-refractivity contribution in [3.05, 3.63) is 12.2 Å². The molecule has 0 aliphatic rings. The van der Waals surface area contributed by atoms with E-state index in [9.17, 15) is 4.79 Å². The first-order valence-corrected chi connectivity index (χ1v) is 4.07. The second-order valence-corrected chi connectivity index (χ2v) is 2.87. The Bertz CT molecular complexity index is 129. The van der Waals surface area contributed by atoms with E-state index < -0.39 is 0 Å². The Labute approximate surface area is 67.9 Å². The van der Waals surface area contributed by atoms with Crippen LogP contribution in [0.15, 0.2) is 12.2 Å². The summed E-state index contributed by atoms with van der Waals surface area (Å²) in [7, 11) is 0. The molecule has 0 unspecified atom stereocenters.